The molecule has 0 aliphatic carbocycles. The second kappa shape index (κ2) is 11.1. The molecule has 36 heavy (non-hydrogen) atoms. The van der Waals surface area contributed by atoms with Crippen LogP contribution in [0.3, 0.4) is 0 Å². The molecule has 0 saturated carbocycles. The van der Waals surface area contributed by atoms with E-state index in [0.29, 0.717) is 30.4 Å². The van der Waals surface area contributed by atoms with Gasteiger partial charge in [0.2, 0.25) is 0 Å². The number of aliphatic hydroxyl groups is 2. The van der Waals surface area contributed by atoms with E-state index < -0.39 is 17.2 Å². The average Bonchev–Trinajstić information content (AvgIpc) is 2.83. The first-order valence-electron chi connectivity index (χ1n) is 11.6. The number of nitrogens with zero attached hydrogens (tertiary/aromatic N) is 2. The van der Waals surface area contributed by atoms with E-state index in [2.05, 4.69) is 4.90 Å². The Labute approximate surface area is 213 Å². The minimum atomic E-state index is -1.50. The third-order valence-corrected chi connectivity index (χ3v) is 6.63. The molecule has 4 rings (SSSR count). The van der Waals surface area contributed by atoms with Crippen LogP contribution >= 0.6 is 11.6 Å². The molecular formula is C27H28ClF3N2O3. The van der Waals surface area contributed by atoms with Gasteiger partial charge >= 0.3 is 0 Å². The van der Waals surface area contributed by atoms with Gasteiger partial charge in [-0.05, 0) is 54.4 Å². The van der Waals surface area contributed by atoms with E-state index in [1.54, 1.807) is 24.3 Å². The molecule has 0 radical (unpaired) electrons. The van der Waals surface area contributed by atoms with E-state index in [4.69, 9.17) is 21.4 Å². The SMILES string of the molecule is C[C@@](O)(CN1CCN(c2ccc(OCCO)cc2Cl)[C@H](c2ccc(F)cc2)C1)c1cc(F)cc(F)c1. The molecule has 1 fully saturated rings. The summed E-state index contributed by atoms with van der Waals surface area (Å²) in [5, 5.41) is 20.6. The van der Waals surface area contributed by atoms with Crippen molar-refractivity contribution in [2.45, 2.75) is 18.6 Å². The number of hydrogen-bond acceptors (Lipinski definition) is 5. The molecule has 1 saturated heterocycles. The summed E-state index contributed by atoms with van der Waals surface area (Å²) in [6.07, 6.45) is 0. The van der Waals surface area contributed by atoms with Crippen molar-refractivity contribution in [3.8, 4) is 5.75 Å². The molecule has 192 valence electrons. The third kappa shape index (κ3) is 6.13. The van der Waals surface area contributed by atoms with Gasteiger partial charge in [0.05, 0.1) is 29.0 Å². The Bertz CT molecular complexity index is 1170. The second-order valence-corrected chi connectivity index (χ2v) is 9.52. The number of ether oxygens (including phenoxy) is 1. The maximum absolute atomic E-state index is 13.8. The standard InChI is InChI=1S/C27H28ClF3N2O3/c1-27(35,19-12-21(30)14-22(31)13-19)17-32-8-9-33(26(16-32)18-2-4-20(29)5-3-18)25-7-6-23(15-24(25)28)36-11-10-34/h2-7,12-15,26,34-35H,8-11,16-17H2,1H3/t26-,27+/m0/s1. The van der Waals surface area contributed by atoms with Crippen LogP contribution in [0.15, 0.2) is 60.7 Å². The first kappa shape index (κ1) is 26.3. The summed E-state index contributed by atoms with van der Waals surface area (Å²) >= 11 is 6.60. The van der Waals surface area contributed by atoms with Crippen molar-refractivity contribution < 1.29 is 28.1 Å². The number of β-amino-alcohol motifs (C(OH)–C–C–N with tert-alkyl or cyclic N) is 1. The van der Waals surface area contributed by atoms with Gasteiger partial charge in [0, 0.05) is 38.3 Å². The van der Waals surface area contributed by atoms with Crippen LogP contribution in [0, 0.1) is 17.5 Å². The van der Waals surface area contributed by atoms with Crippen LogP contribution in [0.2, 0.25) is 5.02 Å². The number of rotatable bonds is 8. The maximum Gasteiger partial charge on any atom is 0.126 e. The summed E-state index contributed by atoms with van der Waals surface area (Å²) in [4.78, 5) is 4.12. The monoisotopic (exact) mass is 520 g/mol. The summed E-state index contributed by atoms with van der Waals surface area (Å²) < 4.78 is 46.7. The fourth-order valence-electron chi connectivity index (χ4n) is 4.61. The van der Waals surface area contributed by atoms with Crippen molar-refractivity contribution in [1.29, 1.82) is 0 Å². The van der Waals surface area contributed by atoms with Gasteiger partial charge in [-0.3, -0.25) is 4.90 Å². The van der Waals surface area contributed by atoms with Crippen molar-refractivity contribution in [2.24, 2.45) is 0 Å². The number of halogens is 4. The van der Waals surface area contributed by atoms with Gasteiger partial charge in [-0.15, -0.1) is 0 Å². The molecule has 1 aliphatic rings. The molecule has 1 aliphatic heterocycles. The smallest absolute Gasteiger partial charge is 0.126 e. The van der Waals surface area contributed by atoms with Crippen molar-refractivity contribution in [2.75, 3.05) is 44.3 Å². The van der Waals surface area contributed by atoms with Gasteiger partial charge in [-0.1, -0.05) is 23.7 Å². The molecule has 3 aromatic rings. The van der Waals surface area contributed by atoms with Gasteiger partial charge in [0.15, 0.2) is 0 Å². The minimum absolute atomic E-state index is 0.111. The van der Waals surface area contributed by atoms with Crippen molar-refractivity contribution in [3.05, 3.63) is 94.3 Å². The number of benzene rings is 3. The Hall–Kier alpha value is -2.78. The largest absolute Gasteiger partial charge is 0.491 e. The fourth-order valence-corrected chi connectivity index (χ4v) is 4.89. The average molecular weight is 521 g/mol. The lowest BCUT2D eigenvalue weighted by atomic mass is 9.93. The highest BCUT2D eigenvalue weighted by atomic mass is 35.5. The summed E-state index contributed by atoms with van der Waals surface area (Å²) in [6, 6.07) is 14.3. The molecule has 2 atom stereocenters. The summed E-state index contributed by atoms with van der Waals surface area (Å²) in [5.74, 6) is -1.31. The van der Waals surface area contributed by atoms with Crippen LogP contribution in [-0.2, 0) is 5.60 Å². The van der Waals surface area contributed by atoms with E-state index in [9.17, 15) is 18.3 Å². The quantitative estimate of drug-likeness (QED) is 0.442. The Kier molecular flexibility index (Phi) is 8.10. The zero-order chi connectivity index (χ0) is 25.9. The Morgan fingerprint density at radius 2 is 1.67 bits per heavy atom. The number of aliphatic hydroxyl groups excluding tert-OH is 1. The van der Waals surface area contributed by atoms with Crippen LogP contribution in [0.1, 0.15) is 24.1 Å². The van der Waals surface area contributed by atoms with E-state index in [0.717, 1.165) is 29.4 Å². The molecule has 0 unspecified atom stereocenters. The highest BCUT2D eigenvalue weighted by Crippen LogP contribution is 2.38. The summed E-state index contributed by atoms with van der Waals surface area (Å²) in [7, 11) is 0. The molecule has 2 N–H and O–H groups in total. The van der Waals surface area contributed by atoms with Crippen LogP contribution in [0.25, 0.3) is 0 Å². The molecule has 9 heteroatoms. The Morgan fingerprint density at radius 1 is 0.972 bits per heavy atom. The predicted octanol–water partition coefficient (Wildman–Crippen LogP) is 4.90. The highest BCUT2D eigenvalue weighted by molar-refractivity contribution is 6.33. The first-order chi connectivity index (χ1) is 17.2. The predicted molar refractivity (Wildman–Crippen MR) is 133 cm³/mol. The first-order valence-corrected chi connectivity index (χ1v) is 12.0. The Morgan fingerprint density at radius 3 is 2.31 bits per heavy atom. The fraction of sp³-hybridized carbons (Fsp3) is 0.333. The third-order valence-electron chi connectivity index (χ3n) is 6.32. The lowest BCUT2D eigenvalue weighted by molar-refractivity contribution is 0.00980. The molecular weight excluding hydrogens is 493 g/mol. The zero-order valence-corrected chi connectivity index (χ0v) is 20.6. The molecule has 3 aromatic carbocycles. The van der Waals surface area contributed by atoms with E-state index in [1.165, 1.54) is 19.1 Å². The number of anilines is 1. The highest BCUT2D eigenvalue weighted by Gasteiger charge is 2.34. The number of hydrogen-bond donors (Lipinski definition) is 2. The van der Waals surface area contributed by atoms with Gasteiger partial charge in [-0.2, -0.15) is 0 Å². The normalized spacial score (nSPS) is 18.2. The number of piperazine rings is 1. The van der Waals surface area contributed by atoms with Gasteiger partial charge < -0.3 is 19.8 Å². The molecule has 0 bridgehead atoms. The summed E-state index contributed by atoms with van der Waals surface area (Å²) in [5.41, 5.74) is 0.277. The van der Waals surface area contributed by atoms with Crippen molar-refractivity contribution in [1.82, 2.24) is 4.90 Å². The molecule has 1 heterocycles. The van der Waals surface area contributed by atoms with Gasteiger partial charge in [0.25, 0.3) is 0 Å². The van der Waals surface area contributed by atoms with Gasteiger partial charge in [-0.25, -0.2) is 13.2 Å². The second-order valence-electron chi connectivity index (χ2n) is 9.11. The van der Waals surface area contributed by atoms with Crippen LogP contribution in [0.5, 0.6) is 5.75 Å². The lowest BCUT2D eigenvalue weighted by Gasteiger charge is -2.45. The molecule has 0 aromatic heterocycles. The maximum atomic E-state index is 13.8. The molecule has 5 nitrogen and oxygen atoms in total. The van der Waals surface area contributed by atoms with E-state index in [-0.39, 0.29) is 37.2 Å². The van der Waals surface area contributed by atoms with Crippen LogP contribution < -0.4 is 9.64 Å². The van der Waals surface area contributed by atoms with Crippen LogP contribution in [0.4, 0.5) is 18.9 Å². The van der Waals surface area contributed by atoms with E-state index >= 15 is 0 Å². The molecule has 0 spiro atoms. The van der Waals surface area contributed by atoms with Crippen LogP contribution in [-0.4, -0.2) is 54.5 Å². The van der Waals surface area contributed by atoms with Crippen molar-refractivity contribution in [3.63, 3.8) is 0 Å². The Balaban J connectivity index is 1.60. The molecule has 0 amide bonds. The minimum Gasteiger partial charge on any atom is -0.491 e. The van der Waals surface area contributed by atoms with E-state index in [1.807, 2.05) is 11.0 Å². The summed E-state index contributed by atoms with van der Waals surface area (Å²) in [6.45, 7) is 3.25. The zero-order valence-electron chi connectivity index (χ0n) is 19.8. The lowest BCUT2D eigenvalue weighted by Crippen LogP contribution is -2.52. The topological polar surface area (TPSA) is 56.2 Å². The van der Waals surface area contributed by atoms with Crippen molar-refractivity contribution >= 4 is 17.3 Å². The van der Waals surface area contributed by atoms with Gasteiger partial charge in [0.1, 0.15) is 29.8 Å².